The van der Waals surface area contributed by atoms with Gasteiger partial charge in [0.15, 0.2) is 5.69 Å². The number of carbonyl (C=O) groups is 2. The lowest BCUT2D eigenvalue weighted by Gasteiger charge is -2.08. The maximum absolute atomic E-state index is 11.9. The molecule has 0 aliphatic rings. The van der Waals surface area contributed by atoms with Crippen LogP contribution in [0.25, 0.3) is 5.69 Å². The van der Waals surface area contributed by atoms with Gasteiger partial charge in [0.25, 0.3) is 0 Å². The molecule has 0 atom stereocenters. The van der Waals surface area contributed by atoms with Crippen molar-refractivity contribution in [3.05, 3.63) is 41.2 Å². The van der Waals surface area contributed by atoms with Crippen LogP contribution in [-0.4, -0.2) is 45.8 Å². The average molecular weight is 319 g/mol. The summed E-state index contributed by atoms with van der Waals surface area (Å²) in [6.07, 6.45) is 0.731. The lowest BCUT2D eigenvalue weighted by atomic mass is 10.2. The van der Waals surface area contributed by atoms with Gasteiger partial charge in [-0.2, -0.15) is 0 Å². The average Bonchev–Trinajstić information content (AvgIpc) is 2.97. The predicted octanol–water partition coefficient (Wildman–Crippen LogP) is 1.68. The second-order valence-corrected chi connectivity index (χ2v) is 4.72. The minimum Gasteiger partial charge on any atom is -0.476 e. The molecule has 8 nitrogen and oxygen atoms in total. The standard InChI is InChI=1S/C15H17N3O5/c1-3-7-23-15(21)10-5-4-6-11(8-10)18-12(9-22-2)13(14(19)20)16-17-18/h4-6,8H,3,7,9H2,1-2H3,(H,19,20). The maximum Gasteiger partial charge on any atom is 0.358 e. The molecule has 0 spiro atoms. The number of carbonyl (C=O) groups excluding carboxylic acids is 1. The molecule has 0 bridgehead atoms. The van der Waals surface area contributed by atoms with E-state index < -0.39 is 11.9 Å². The van der Waals surface area contributed by atoms with Gasteiger partial charge in [-0.25, -0.2) is 14.3 Å². The molecule has 1 aromatic heterocycles. The maximum atomic E-state index is 11.9. The third-order valence-corrected chi connectivity index (χ3v) is 3.01. The van der Waals surface area contributed by atoms with Crippen molar-refractivity contribution in [3.8, 4) is 5.69 Å². The number of methoxy groups -OCH3 is 1. The van der Waals surface area contributed by atoms with Crippen LogP contribution < -0.4 is 0 Å². The van der Waals surface area contributed by atoms with Crippen LogP contribution in [0.15, 0.2) is 24.3 Å². The Morgan fingerprint density at radius 1 is 1.35 bits per heavy atom. The zero-order chi connectivity index (χ0) is 16.8. The number of ether oxygens (including phenoxy) is 2. The molecule has 8 heteroatoms. The Hall–Kier alpha value is -2.74. The van der Waals surface area contributed by atoms with Crippen molar-refractivity contribution in [2.75, 3.05) is 13.7 Å². The van der Waals surface area contributed by atoms with Gasteiger partial charge in [-0.05, 0) is 24.6 Å². The monoisotopic (exact) mass is 319 g/mol. The normalized spacial score (nSPS) is 10.5. The Labute approximate surface area is 132 Å². The summed E-state index contributed by atoms with van der Waals surface area (Å²) >= 11 is 0. The minimum absolute atomic E-state index is 0.0269. The van der Waals surface area contributed by atoms with Gasteiger partial charge in [0.05, 0.1) is 24.5 Å². The molecule has 1 N–H and O–H groups in total. The molecule has 0 saturated carbocycles. The molecule has 1 aromatic carbocycles. The zero-order valence-corrected chi connectivity index (χ0v) is 12.9. The first-order valence-corrected chi connectivity index (χ1v) is 7.02. The van der Waals surface area contributed by atoms with E-state index in [4.69, 9.17) is 14.6 Å². The third-order valence-electron chi connectivity index (χ3n) is 3.01. The lowest BCUT2D eigenvalue weighted by Crippen LogP contribution is -2.10. The predicted molar refractivity (Wildman–Crippen MR) is 79.6 cm³/mol. The van der Waals surface area contributed by atoms with Crippen molar-refractivity contribution >= 4 is 11.9 Å². The third kappa shape index (κ3) is 3.72. The van der Waals surface area contributed by atoms with Gasteiger partial charge in [-0.1, -0.05) is 18.2 Å². The van der Waals surface area contributed by atoms with Crippen LogP contribution in [0.5, 0.6) is 0 Å². The van der Waals surface area contributed by atoms with Crippen molar-refractivity contribution in [3.63, 3.8) is 0 Å². The molecule has 1 heterocycles. The molecule has 122 valence electrons. The van der Waals surface area contributed by atoms with Crippen molar-refractivity contribution < 1.29 is 24.2 Å². The quantitative estimate of drug-likeness (QED) is 0.774. The summed E-state index contributed by atoms with van der Waals surface area (Å²) in [7, 11) is 1.45. The molecular formula is C15H17N3O5. The summed E-state index contributed by atoms with van der Waals surface area (Å²) in [6, 6.07) is 6.54. The molecule has 2 rings (SSSR count). The van der Waals surface area contributed by atoms with Gasteiger partial charge in [0.1, 0.15) is 5.69 Å². The van der Waals surface area contributed by atoms with Crippen LogP contribution >= 0.6 is 0 Å². The molecule has 23 heavy (non-hydrogen) atoms. The van der Waals surface area contributed by atoms with Gasteiger partial charge in [-0.3, -0.25) is 0 Å². The highest BCUT2D eigenvalue weighted by Gasteiger charge is 2.20. The van der Waals surface area contributed by atoms with Crippen LogP contribution in [0.1, 0.15) is 39.9 Å². The highest BCUT2D eigenvalue weighted by molar-refractivity contribution is 5.90. The molecule has 0 aliphatic carbocycles. The summed E-state index contributed by atoms with van der Waals surface area (Å²) in [5.41, 5.74) is 0.958. The summed E-state index contributed by atoms with van der Waals surface area (Å²) in [5, 5.41) is 16.6. The van der Waals surface area contributed by atoms with E-state index in [1.54, 1.807) is 24.3 Å². The topological polar surface area (TPSA) is 104 Å². The van der Waals surface area contributed by atoms with Gasteiger partial charge in [0.2, 0.25) is 0 Å². The Bertz CT molecular complexity index is 711. The highest BCUT2D eigenvalue weighted by atomic mass is 16.5. The van der Waals surface area contributed by atoms with Gasteiger partial charge in [-0.15, -0.1) is 5.10 Å². The molecule has 2 aromatic rings. The molecule has 0 unspecified atom stereocenters. The first-order chi connectivity index (χ1) is 11.1. The smallest absolute Gasteiger partial charge is 0.358 e. The Morgan fingerprint density at radius 3 is 2.78 bits per heavy atom. The van der Waals surface area contributed by atoms with Crippen LogP contribution in [0.3, 0.4) is 0 Å². The summed E-state index contributed by atoms with van der Waals surface area (Å²) in [5.74, 6) is -1.64. The van der Waals surface area contributed by atoms with Crippen molar-refractivity contribution in [2.24, 2.45) is 0 Å². The van der Waals surface area contributed by atoms with E-state index in [-0.39, 0.29) is 12.3 Å². The summed E-state index contributed by atoms with van der Waals surface area (Å²) in [4.78, 5) is 23.1. The second-order valence-electron chi connectivity index (χ2n) is 4.72. The number of hydrogen-bond donors (Lipinski definition) is 1. The van der Waals surface area contributed by atoms with Gasteiger partial charge < -0.3 is 14.6 Å². The number of carboxylic acids is 1. The summed E-state index contributed by atoms with van der Waals surface area (Å²) < 4.78 is 11.4. The number of rotatable bonds is 7. The number of esters is 1. The Balaban J connectivity index is 2.39. The Morgan fingerprint density at radius 2 is 2.13 bits per heavy atom. The number of aromatic nitrogens is 3. The molecule has 0 fully saturated rings. The van der Waals surface area contributed by atoms with Crippen molar-refractivity contribution in [2.45, 2.75) is 20.0 Å². The Kier molecular flexibility index (Phi) is 5.42. The van der Waals surface area contributed by atoms with Crippen LogP contribution in [-0.2, 0) is 16.1 Å². The van der Waals surface area contributed by atoms with Crippen LogP contribution in [0, 0.1) is 0 Å². The largest absolute Gasteiger partial charge is 0.476 e. The SMILES string of the molecule is CCCOC(=O)c1cccc(-n2nnc(C(=O)O)c2COC)c1. The molecular weight excluding hydrogens is 302 g/mol. The van der Waals surface area contributed by atoms with E-state index in [0.29, 0.717) is 23.6 Å². The van der Waals surface area contributed by atoms with E-state index in [1.807, 2.05) is 6.92 Å². The van der Waals surface area contributed by atoms with E-state index in [1.165, 1.54) is 11.8 Å². The van der Waals surface area contributed by atoms with E-state index >= 15 is 0 Å². The second kappa shape index (κ2) is 7.50. The van der Waals surface area contributed by atoms with E-state index in [9.17, 15) is 9.59 Å². The molecule has 0 radical (unpaired) electrons. The fourth-order valence-electron chi connectivity index (χ4n) is 1.98. The highest BCUT2D eigenvalue weighted by Crippen LogP contribution is 2.16. The fraction of sp³-hybridized carbons (Fsp3) is 0.333. The fourth-order valence-corrected chi connectivity index (χ4v) is 1.98. The number of benzene rings is 1. The van der Waals surface area contributed by atoms with Crippen LogP contribution in [0.2, 0.25) is 0 Å². The lowest BCUT2D eigenvalue weighted by molar-refractivity contribution is 0.0504. The molecule has 0 aliphatic heterocycles. The molecule has 0 saturated heterocycles. The van der Waals surface area contributed by atoms with Crippen LogP contribution in [0.4, 0.5) is 0 Å². The van der Waals surface area contributed by atoms with E-state index in [2.05, 4.69) is 10.3 Å². The number of hydrogen-bond acceptors (Lipinski definition) is 6. The zero-order valence-electron chi connectivity index (χ0n) is 12.9. The van der Waals surface area contributed by atoms with Gasteiger partial charge >= 0.3 is 11.9 Å². The van der Waals surface area contributed by atoms with Crippen molar-refractivity contribution in [1.29, 1.82) is 0 Å². The van der Waals surface area contributed by atoms with E-state index in [0.717, 1.165) is 6.42 Å². The first kappa shape index (κ1) is 16.6. The summed E-state index contributed by atoms with van der Waals surface area (Å²) in [6.45, 7) is 2.27. The number of carboxylic acid groups (broad SMARTS) is 1. The first-order valence-electron chi connectivity index (χ1n) is 7.02. The number of nitrogens with zero attached hydrogens (tertiary/aromatic N) is 3. The van der Waals surface area contributed by atoms with Crippen molar-refractivity contribution in [1.82, 2.24) is 15.0 Å². The van der Waals surface area contributed by atoms with Gasteiger partial charge in [0, 0.05) is 7.11 Å². The minimum atomic E-state index is -1.19. The number of aromatic carboxylic acids is 1. The molecule has 0 amide bonds.